The second-order valence-corrected chi connectivity index (χ2v) is 18.6. The lowest BCUT2D eigenvalue weighted by Crippen LogP contribution is -2.43. The van der Waals surface area contributed by atoms with Crippen LogP contribution in [0.5, 0.6) is 0 Å². The summed E-state index contributed by atoms with van der Waals surface area (Å²) in [7, 11) is -3.14. The van der Waals surface area contributed by atoms with Crippen molar-refractivity contribution in [1.29, 1.82) is 0 Å². The summed E-state index contributed by atoms with van der Waals surface area (Å²) in [6.45, 7) is 0. The summed E-state index contributed by atoms with van der Waals surface area (Å²) >= 11 is 0. The van der Waals surface area contributed by atoms with E-state index in [9.17, 15) is 0 Å². The molecule has 3 aliphatic carbocycles. The maximum Gasteiger partial charge on any atom is 0.171 e. The summed E-state index contributed by atoms with van der Waals surface area (Å²) in [6, 6.07) is 81.0. The van der Waals surface area contributed by atoms with Crippen LogP contribution >= 0.6 is 7.14 Å². The van der Waals surface area contributed by atoms with E-state index in [0.29, 0.717) is 0 Å². The van der Waals surface area contributed by atoms with Gasteiger partial charge in [0.25, 0.3) is 0 Å². The first-order chi connectivity index (χ1) is 28.7. The Labute approximate surface area is 339 Å². The first-order valence-electron chi connectivity index (χ1n) is 20.1. The van der Waals surface area contributed by atoms with E-state index in [1.54, 1.807) is 0 Å². The Balaban J connectivity index is 1.16. The Morgan fingerprint density at radius 3 is 1.28 bits per heavy atom. The Morgan fingerprint density at radius 2 is 0.672 bits per heavy atom. The van der Waals surface area contributed by atoms with Gasteiger partial charge in [-0.3, -0.25) is 0 Å². The first kappa shape index (κ1) is 33.4. The molecule has 0 radical (unpaired) electrons. The van der Waals surface area contributed by atoms with E-state index in [2.05, 4.69) is 164 Å². The smallest absolute Gasteiger partial charge is 0.171 e. The minimum atomic E-state index is -3.14. The van der Waals surface area contributed by atoms with Gasteiger partial charge in [0.15, 0.2) is 7.14 Å². The van der Waals surface area contributed by atoms with Crippen molar-refractivity contribution < 1.29 is 4.57 Å². The lowest BCUT2D eigenvalue weighted by molar-refractivity contribution is 0.592. The molecule has 272 valence electrons. The van der Waals surface area contributed by atoms with E-state index in [1.807, 2.05) is 60.7 Å². The molecule has 12 rings (SSSR count). The summed E-state index contributed by atoms with van der Waals surface area (Å²) in [5.74, 6) is 0. The molecule has 9 aromatic carbocycles. The highest BCUT2D eigenvalue weighted by Gasteiger charge is 2.60. The molecule has 1 spiro atoms. The fraction of sp³-hybridized carbons (Fsp3) is 0.0357. The molecule has 1 nitrogen and oxygen atoms in total. The predicted molar refractivity (Wildman–Crippen MR) is 239 cm³/mol. The minimum absolute atomic E-state index is 0.490. The van der Waals surface area contributed by atoms with Gasteiger partial charge in [0, 0.05) is 15.9 Å². The van der Waals surface area contributed by atoms with Gasteiger partial charge < -0.3 is 4.57 Å². The largest absolute Gasteiger partial charge is 0.309 e. The highest BCUT2D eigenvalue weighted by atomic mass is 31.2. The van der Waals surface area contributed by atoms with E-state index in [-0.39, 0.29) is 0 Å². The Morgan fingerprint density at radius 1 is 0.276 bits per heavy atom. The molecule has 58 heavy (non-hydrogen) atoms. The third kappa shape index (κ3) is 4.14. The van der Waals surface area contributed by atoms with Gasteiger partial charge in [0.2, 0.25) is 0 Å². The fourth-order valence-electron chi connectivity index (χ4n) is 11.1. The van der Waals surface area contributed by atoms with Crippen LogP contribution in [-0.2, 0) is 15.4 Å². The van der Waals surface area contributed by atoms with Crippen molar-refractivity contribution in [1.82, 2.24) is 0 Å². The van der Waals surface area contributed by atoms with Crippen molar-refractivity contribution >= 4 is 23.1 Å². The van der Waals surface area contributed by atoms with E-state index in [4.69, 9.17) is 0 Å². The molecule has 0 N–H and O–H groups in total. The summed E-state index contributed by atoms with van der Waals surface area (Å²) < 4.78 is 15.4. The molecule has 0 saturated heterocycles. The quantitative estimate of drug-likeness (QED) is 0.160. The van der Waals surface area contributed by atoms with Gasteiger partial charge in [-0.2, -0.15) is 0 Å². The molecule has 9 aromatic rings. The average molecular weight is 757 g/mol. The fourth-order valence-corrected chi connectivity index (χ4v) is 13.8. The molecule has 0 saturated carbocycles. The lowest BCUT2D eigenvalue weighted by atomic mass is 9.52. The summed E-state index contributed by atoms with van der Waals surface area (Å²) in [4.78, 5) is 0. The Hall–Kier alpha value is -6.79. The molecule has 2 unspecified atom stereocenters. The lowest BCUT2D eigenvalue weighted by Gasteiger charge is -2.48. The molecule has 3 aliphatic rings. The van der Waals surface area contributed by atoms with Crippen molar-refractivity contribution in [2.75, 3.05) is 0 Å². The van der Waals surface area contributed by atoms with E-state index in [0.717, 1.165) is 21.5 Å². The third-order valence-electron chi connectivity index (χ3n) is 13.2. The molecule has 0 aliphatic heterocycles. The van der Waals surface area contributed by atoms with Crippen LogP contribution in [0.3, 0.4) is 0 Å². The summed E-state index contributed by atoms with van der Waals surface area (Å²) in [5, 5.41) is 2.50. The molecule has 0 bridgehead atoms. The van der Waals surface area contributed by atoms with Crippen LogP contribution in [0.4, 0.5) is 0 Å². The zero-order chi connectivity index (χ0) is 38.5. The topological polar surface area (TPSA) is 17.1 Å². The zero-order valence-electron chi connectivity index (χ0n) is 31.7. The Bertz CT molecular complexity index is 3090. The van der Waals surface area contributed by atoms with Gasteiger partial charge in [-0.25, -0.2) is 0 Å². The average Bonchev–Trinajstić information content (AvgIpc) is 3.78. The molecular formula is C56H37OP. The molecular weight excluding hydrogens is 720 g/mol. The highest BCUT2D eigenvalue weighted by molar-refractivity contribution is 7.85. The van der Waals surface area contributed by atoms with Crippen molar-refractivity contribution in [2.45, 2.75) is 10.8 Å². The summed E-state index contributed by atoms with van der Waals surface area (Å²) in [6.07, 6.45) is 0. The number of hydrogen-bond donors (Lipinski definition) is 0. The van der Waals surface area contributed by atoms with E-state index in [1.165, 1.54) is 72.3 Å². The van der Waals surface area contributed by atoms with Crippen LogP contribution in [0.15, 0.2) is 224 Å². The van der Waals surface area contributed by atoms with Crippen LogP contribution in [0.1, 0.15) is 44.5 Å². The number of fused-ring (bicyclic) bond motifs is 12. The molecule has 2 atom stereocenters. The SMILES string of the molecule is O=P(c1ccccc1)(c1ccccc1)c1ccc(-c2cccc3c2C2(c4ccccc4-3)c3ccccc3C3(c4ccccc4)c4ccccc4-c4cccc2c43)cc1. The maximum absolute atomic E-state index is 15.4. The molecule has 2 heteroatoms. The van der Waals surface area contributed by atoms with Crippen LogP contribution < -0.4 is 15.9 Å². The van der Waals surface area contributed by atoms with Crippen LogP contribution in [0.25, 0.3) is 33.4 Å². The Kier molecular flexibility index (Phi) is 7.11. The van der Waals surface area contributed by atoms with Crippen molar-refractivity contribution in [3.63, 3.8) is 0 Å². The zero-order valence-corrected chi connectivity index (χ0v) is 32.6. The van der Waals surface area contributed by atoms with E-state index >= 15 is 4.57 Å². The number of rotatable bonds is 5. The monoisotopic (exact) mass is 756 g/mol. The first-order valence-corrected chi connectivity index (χ1v) is 21.8. The second-order valence-electron chi connectivity index (χ2n) is 15.8. The van der Waals surface area contributed by atoms with Crippen LogP contribution in [0.2, 0.25) is 0 Å². The standard InChI is InChI=1S/C56H37OP/c57-58(40-20-6-2-7-21-40,41-22-8-3-9-23-41)42-36-34-38(35-37-42)43-26-16-27-46-44-24-11-13-30-49(44)56(53(43)46)51-32-15-14-31-50(51)55(39-18-4-1-5-19-39)48-29-12-10-25-45(48)47-28-17-33-52(56)54(47)55/h1-37H. The number of benzene rings is 9. The summed E-state index contributed by atoms with van der Waals surface area (Å²) in [5.41, 5.74) is 16.9. The van der Waals surface area contributed by atoms with Crippen LogP contribution in [0, 0.1) is 0 Å². The second kappa shape index (κ2) is 12.4. The molecule has 0 aromatic heterocycles. The van der Waals surface area contributed by atoms with Gasteiger partial charge in [-0.15, -0.1) is 0 Å². The number of hydrogen-bond acceptors (Lipinski definition) is 1. The van der Waals surface area contributed by atoms with Gasteiger partial charge in [0.05, 0.1) is 10.8 Å². The van der Waals surface area contributed by atoms with Gasteiger partial charge in [-0.05, 0) is 77.9 Å². The van der Waals surface area contributed by atoms with E-state index < -0.39 is 18.0 Å². The van der Waals surface area contributed by atoms with Gasteiger partial charge >= 0.3 is 0 Å². The highest BCUT2D eigenvalue weighted by Crippen LogP contribution is 2.69. The third-order valence-corrected chi connectivity index (χ3v) is 16.3. The maximum atomic E-state index is 15.4. The molecule has 0 amide bonds. The van der Waals surface area contributed by atoms with Crippen molar-refractivity contribution in [3.05, 3.63) is 269 Å². The van der Waals surface area contributed by atoms with Gasteiger partial charge in [-0.1, -0.05) is 224 Å². The molecule has 0 heterocycles. The van der Waals surface area contributed by atoms with Gasteiger partial charge in [0.1, 0.15) is 0 Å². The van der Waals surface area contributed by atoms with Crippen molar-refractivity contribution in [3.8, 4) is 33.4 Å². The van der Waals surface area contributed by atoms with Crippen molar-refractivity contribution in [2.24, 2.45) is 0 Å². The van der Waals surface area contributed by atoms with Crippen LogP contribution in [-0.4, -0.2) is 0 Å². The molecule has 0 fully saturated rings. The minimum Gasteiger partial charge on any atom is -0.309 e. The predicted octanol–water partition coefficient (Wildman–Crippen LogP) is 12.0. The normalized spacial score (nSPS) is 17.9.